The van der Waals surface area contributed by atoms with Gasteiger partial charge in [0.2, 0.25) is 5.78 Å². The highest BCUT2D eigenvalue weighted by atomic mass is 32.2. The van der Waals surface area contributed by atoms with Gasteiger partial charge in [-0.25, -0.2) is 4.79 Å². The van der Waals surface area contributed by atoms with Crippen molar-refractivity contribution < 1.29 is 28.0 Å². The van der Waals surface area contributed by atoms with Gasteiger partial charge in [-0.15, -0.1) is 0 Å². The number of carbonyl (C=O) groups excluding carboxylic acids is 2. The van der Waals surface area contributed by atoms with E-state index in [4.69, 9.17) is 14.2 Å². The Bertz CT molecular complexity index is 1250. The van der Waals surface area contributed by atoms with Crippen LogP contribution in [-0.4, -0.2) is 45.6 Å². The highest BCUT2D eigenvalue weighted by molar-refractivity contribution is 7.85. The average molecular weight is 482 g/mol. The van der Waals surface area contributed by atoms with Gasteiger partial charge in [-0.2, -0.15) is 0 Å². The van der Waals surface area contributed by atoms with Crippen LogP contribution in [0.5, 0.6) is 11.5 Å². The molecule has 2 heterocycles. The number of esters is 1. The maximum atomic E-state index is 12.9. The molecule has 1 aromatic heterocycles. The SMILES string of the molecule is CCS(=O)c1ccccc1C(=O)OCC(=O)c1cc(C)n(CC2COc3ccccc3O2)c1C. The Balaban J connectivity index is 1.43. The van der Waals surface area contributed by atoms with E-state index in [1.54, 1.807) is 37.3 Å². The second-order valence-electron chi connectivity index (χ2n) is 8.02. The predicted molar refractivity (Wildman–Crippen MR) is 128 cm³/mol. The highest BCUT2D eigenvalue weighted by Crippen LogP contribution is 2.31. The number of carbonyl (C=O) groups is 2. The zero-order valence-corrected chi connectivity index (χ0v) is 20.2. The molecule has 0 radical (unpaired) electrons. The number of ketones is 1. The third kappa shape index (κ3) is 4.92. The van der Waals surface area contributed by atoms with Gasteiger partial charge in [0.1, 0.15) is 6.61 Å². The molecule has 0 saturated carbocycles. The summed E-state index contributed by atoms with van der Waals surface area (Å²) in [7, 11) is -1.31. The minimum absolute atomic E-state index is 0.198. The Morgan fingerprint density at radius 1 is 1.06 bits per heavy atom. The molecule has 1 aliphatic heterocycles. The van der Waals surface area contributed by atoms with Crippen molar-refractivity contribution in [3.8, 4) is 11.5 Å². The van der Waals surface area contributed by atoms with Crippen LogP contribution >= 0.6 is 0 Å². The van der Waals surface area contributed by atoms with Crippen molar-refractivity contribution in [3.05, 3.63) is 77.1 Å². The standard InChI is InChI=1S/C26H27NO6S/c1-4-34(30)25-12-8-5-9-20(25)26(29)32-16-22(28)21-13-17(2)27(18(21)3)14-19-15-31-23-10-6-7-11-24(23)33-19/h5-13,19H,4,14-16H2,1-3H3. The largest absolute Gasteiger partial charge is 0.486 e. The molecule has 0 fully saturated rings. The molecule has 0 aliphatic carbocycles. The Kier molecular flexibility index (Phi) is 7.17. The van der Waals surface area contributed by atoms with Crippen molar-refractivity contribution in [2.75, 3.05) is 19.0 Å². The number of hydrogen-bond acceptors (Lipinski definition) is 6. The number of ether oxygens (including phenoxy) is 3. The van der Waals surface area contributed by atoms with Crippen molar-refractivity contribution in [3.63, 3.8) is 0 Å². The van der Waals surface area contributed by atoms with Gasteiger partial charge in [-0.05, 0) is 44.2 Å². The number of rotatable bonds is 8. The van der Waals surface area contributed by atoms with Crippen LogP contribution in [0.15, 0.2) is 59.5 Å². The summed E-state index contributed by atoms with van der Waals surface area (Å²) < 4.78 is 31.4. The number of benzene rings is 2. The third-order valence-electron chi connectivity index (χ3n) is 5.78. The number of nitrogens with zero attached hydrogens (tertiary/aromatic N) is 1. The van der Waals surface area contributed by atoms with E-state index >= 15 is 0 Å². The third-order valence-corrected chi connectivity index (χ3v) is 7.15. The van der Waals surface area contributed by atoms with E-state index in [1.165, 1.54) is 0 Å². The fraction of sp³-hybridized carbons (Fsp3) is 0.308. The summed E-state index contributed by atoms with van der Waals surface area (Å²) in [4.78, 5) is 25.9. The summed E-state index contributed by atoms with van der Waals surface area (Å²) in [5.74, 6) is 0.852. The van der Waals surface area contributed by atoms with Crippen molar-refractivity contribution in [2.45, 2.75) is 38.3 Å². The molecule has 0 N–H and O–H groups in total. The molecule has 0 amide bonds. The molecule has 0 saturated heterocycles. The molecular weight excluding hydrogens is 454 g/mol. The van der Waals surface area contributed by atoms with Crippen molar-refractivity contribution in [1.29, 1.82) is 0 Å². The van der Waals surface area contributed by atoms with E-state index < -0.39 is 23.4 Å². The molecule has 0 spiro atoms. The summed E-state index contributed by atoms with van der Waals surface area (Å²) in [6, 6.07) is 15.9. The molecule has 2 unspecified atom stereocenters. The summed E-state index contributed by atoms with van der Waals surface area (Å²) in [6.07, 6.45) is -0.198. The average Bonchev–Trinajstić information content (AvgIpc) is 3.14. The fourth-order valence-electron chi connectivity index (χ4n) is 4.00. The number of para-hydroxylation sites is 2. The van der Waals surface area contributed by atoms with Gasteiger partial charge in [0.25, 0.3) is 0 Å². The molecule has 7 nitrogen and oxygen atoms in total. The minimum atomic E-state index is -1.31. The first-order chi connectivity index (χ1) is 16.4. The Morgan fingerprint density at radius 2 is 1.76 bits per heavy atom. The van der Waals surface area contributed by atoms with Crippen LogP contribution in [0.2, 0.25) is 0 Å². The Morgan fingerprint density at radius 3 is 2.53 bits per heavy atom. The van der Waals surface area contributed by atoms with Crippen molar-refractivity contribution >= 4 is 22.6 Å². The van der Waals surface area contributed by atoms with Crippen LogP contribution in [-0.2, 0) is 22.1 Å². The summed E-state index contributed by atoms with van der Waals surface area (Å²) in [6.45, 7) is 6.10. The van der Waals surface area contributed by atoms with Gasteiger partial charge in [0.15, 0.2) is 24.2 Å². The van der Waals surface area contributed by atoms with Gasteiger partial charge in [-0.3, -0.25) is 9.00 Å². The molecule has 2 atom stereocenters. The normalized spacial score (nSPS) is 15.6. The lowest BCUT2D eigenvalue weighted by Gasteiger charge is -2.27. The van der Waals surface area contributed by atoms with Gasteiger partial charge >= 0.3 is 5.97 Å². The molecule has 178 valence electrons. The second kappa shape index (κ2) is 10.3. The molecule has 0 bridgehead atoms. The maximum absolute atomic E-state index is 12.9. The van der Waals surface area contributed by atoms with Crippen LogP contribution in [0, 0.1) is 13.8 Å². The van der Waals surface area contributed by atoms with Gasteiger partial charge < -0.3 is 18.8 Å². The van der Waals surface area contributed by atoms with E-state index in [2.05, 4.69) is 0 Å². The zero-order valence-electron chi connectivity index (χ0n) is 19.4. The zero-order chi connectivity index (χ0) is 24.2. The van der Waals surface area contributed by atoms with E-state index in [9.17, 15) is 13.8 Å². The Hall–Kier alpha value is -3.39. The lowest BCUT2D eigenvalue weighted by atomic mass is 10.1. The number of aromatic nitrogens is 1. The first kappa shape index (κ1) is 23.8. The van der Waals surface area contributed by atoms with Gasteiger partial charge in [-0.1, -0.05) is 31.2 Å². The number of Topliss-reactive ketones (excluding diaryl/α,β-unsaturated/α-hetero) is 1. The second-order valence-corrected chi connectivity index (χ2v) is 9.73. The van der Waals surface area contributed by atoms with E-state index in [0.29, 0.717) is 35.1 Å². The van der Waals surface area contributed by atoms with Crippen LogP contribution in [0.4, 0.5) is 0 Å². The topological polar surface area (TPSA) is 83.8 Å². The lowest BCUT2D eigenvalue weighted by molar-refractivity contribution is 0.0471. The van der Waals surface area contributed by atoms with Gasteiger partial charge in [0, 0.05) is 22.7 Å². The van der Waals surface area contributed by atoms with Crippen LogP contribution in [0.25, 0.3) is 0 Å². The molecule has 3 aromatic rings. The molecular formula is C26H27NO6S. The number of aryl methyl sites for hydroxylation is 1. The van der Waals surface area contributed by atoms with E-state index in [1.807, 2.05) is 42.7 Å². The number of fused-ring (bicyclic) bond motifs is 1. The fourth-order valence-corrected chi connectivity index (χ4v) is 4.93. The summed E-state index contributed by atoms with van der Waals surface area (Å²) in [5.41, 5.74) is 2.38. The van der Waals surface area contributed by atoms with Crippen LogP contribution in [0.3, 0.4) is 0 Å². The first-order valence-corrected chi connectivity index (χ1v) is 12.4. The maximum Gasteiger partial charge on any atom is 0.339 e. The van der Waals surface area contributed by atoms with Crippen LogP contribution < -0.4 is 9.47 Å². The first-order valence-electron chi connectivity index (χ1n) is 11.1. The van der Waals surface area contributed by atoms with Crippen molar-refractivity contribution in [2.24, 2.45) is 0 Å². The summed E-state index contributed by atoms with van der Waals surface area (Å²) >= 11 is 0. The van der Waals surface area contributed by atoms with E-state index in [0.717, 1.165) is 17.1 Å². The van der Waals surface area contributed by atoms with Crippen LogP contribution in [0.1, 0.15) is 39.0 Å². The molecule has 1 aliphatic rings. The molecule has 8 heteroatoms. The molecule has 34 heavy (non-hydrogen) atoms. The smallest absolute Gasteiger partial charge is 0.339 e. The summed E-state index contributed by atoms with van der Waals surface area (Å²) in [5, 5.41) is 0. The van der Waals surface area contributed by atoms with Gasteiger partial charge in [0.05, 0.1) is 27.8 Å². The highest BCUT2D eigenvalue weighted by Gasteiger charge is 2.25. The quantitative estimate of drug-likeness (QED) is 0.356. The molecule has 4 rings (SSSR count). The predicted octanol–water partition coefficient (Wildman–Crippen LogP) is 4.11. The monoisotopic (exact) mass is 481 g/mol. The lowest BCUT2D eigenvalue weighted by Crippen LogP contribution is -2.33. The van der Waals surface area contributed by atoms with E-state index in [-0.39, 0.29) is 17.5 Å². The molecule has 2 aromatic carbocycles. The number of hydrogen-bond donors (Lipinski definition) is 0. The Labute approximate surface area is 201 Å². The van der Waals surface area contributed by atoms with Crippen molar-refractivity contribution in [1.82, 2.24) is 4.57 Å². The minimum Gasteiger partial charge on any atom is -0.486 e.